The van der Waals surface area contributed by atoms with Crippen LogP contribution in [0.3, 0.4) is 0 Å². The van der Waals surface area contributed by atoms with Gasteiger partial charge in [0.1, 0.15) is 4.53 Å². The number of hydrogen-bond acceptors (Lipinski definition) is 8. The molecule has 0 saturated carbocycles. The van der Waals surface area contributed by atoms with Crippen LogP contribution in [0, 0.1) is 0 Å². The van der Waals surface area contributed by atoms with Crippen LogP contribution in [0.5, 0.6) is 11.5 Å². The number of ether oxygens (including phenoxy) is 3. The third kappa shape index (κ3) is 4.49. The van der Waals surface area contributed by atoms with Crippen LogP contribution in [0.15, 0.2) is 82.1 Å². The molecule has 0 fully saturated rings. The van der Waals surface area contributed by atoms with Gasteiger partial charge in [0.25, 0.3) is 11.5 Å². The van der Waals surface area contributed by atoms with E-state index in [9.17, 15) is 14.4 Å². The van der Waals surface area contributed by atoms with E-state index in [0.29, 0.717) is 49.4 Å². The summed E-state index contributed by atoms with van der Waals surface area (Å²) in [6, 6.07) is 18.5. The van der Waals surface area contributed by atoms with Gasteiger partial charge in [0.2, 0.25) is 0 Å². The number of nitrogens with one attached hydrogen (secondary N) is 1. The predicted octanol–water partition coefficient (Wildman–Crippen LogP) is 3.93. The van der Waals surface area contributed by atoms with Gasteiger partial charge in [0, 0.05) is 21.8 Å². The summed E-state index contributed by atoms with van der Waals surface area (Å²) in [6.07, 6.45) is 0. The van der Waals surface area contributed by atoms with Crippen LogP contribution in [0.2, 0.25) is 5.02 Å². The van der Waals surface area contributed by atoms with E-state index in [-0.39, 0.29) is 22.3 Å². The van der Waals surface area contributed by atoms with Gasteiger partial charge in [-0.2, -0.15) is 0 Å². The van der Waals surface area contributed by atoms with Gasteiger partial charge in [-0.15, -0.1) is 0 Å². The molecule has 3 aromatic carbocycles. The molecule has 0 saturated heterocycles. The van der Waals surface area contributed by atoms with Gasteiger partial charge < -0.3 is 19.5 Å². The topological polar surface area (TPSA) is 108 Å². The number of methoxy groups -OCH3 is 2. The molecule has 212 valence electrons. The number of amides is 1. The molecular formula is C31H24ClN3O6S. The quantitative estimate of drug-likeness (QED) is 0.336. The third-order valence-electron chi connectivity index (χ3n) is 7.03. The van der Waals surface area contributed by atoms with Crippen molar-refractivity contribution in [1.29, 1.82) is 0 Å². The van der Waals surface area contributed by atoms with Crippen LogP contribution in [0.25, 0.3) is 11.3 Å². The number of benzene rings is 3. The van der Waals surface area contributed by atoms with E-state index in [2.05, 4.69) is 5.32 Å². The number of carbonyl (C=O) groups is 2. The van der Waals surface area contributed by atoms with Crippen molar-refractivity contribution in [2.24, 2.45) is 4.99 Å². The Morgan fingerprint density at radius 2 is 1.79 bits per heavy atom. The minimum absolute atomic E-state index is 0.120. The van der Waals surface area contributed by atoms with Crippen molar-refractivity contribution in [1.82, 2.24) is 4.57 Å². The van der Waals surface area contributed by atoms with Crippen molar-refractivity contribution >= 4 is 51.8 Å². The van der Waals surface area contributed by atoms with Gasteiger partial charge in [0.05, 0.1) is 43.7 Å². The highest BCUT2D eigenvalue weighted by Gasteiger charge is 2.37. The second-order valence-corrected chi connectivity index (χ2v) is 10.8. The molecule has 1 aromatic heterocycles. The van der Waals surface area contributed by atoms with Gasteiger partial charge in [-0.25, -0.2) is 9.79 Å². The van der Waals surface area contributed by atoms with E-state index < -0.39 is 23.5 Å². The highest BCUT2D eigenvalue weighted by molar-refractivity contribution is 7.07. The maximum Gasteiger partial charge on any atom is 0.338 e. The largest absolute Gasteiger partial charge is 0.493 e. The second kappa shape index (κ2) is 11.0. The summed E-state index contributed by atoms with van der Waals surface area (Å²) < 4.78 is 18.1. The first-order valence-corrected chi connectivity index (χ1v) is 14.2. The zero-order chi connectivity index (χ0) is 29.5. The van der Waals surface area contributed by atoms with Crippen LogP contribution in [0.4, 0.5) is 5.69 Å². The summed E-state index contributed by atoms with van der Waals surface area (Å²) in [5, 5.41) is 3.23. The summed E-state index contributed by atoms with van der Waals surface area (Å²) in [5.41, 5.74) is 2.57. The average molecular weight is 602 g/mol. The van der Waals surface area contributed by atoms with E-state index in [1.807, 2.05) is 30.3 Å². The number of hydrogen-bond donors (Lipinski definition) is 1. The molecular weight excluding hydrogens is 578 g/mol. The molecule has 1 N–H and O–H groups in total. The van der Waals surface area contributed by atoms with Gasteiger partial charge in [-0.3, -0.25) is 14.2 Å². The first kappa shape index (κ1) is 27.5. The minimum Gasteiger partial charge on any atom is -0.493 e. The molecule has 0 aliphatic carbocycles. The number of fused-ring (bicyclic) bond motifs is 2. The van der Waals surface area contributed by atoms with Gasteiger partial charge >= 0.3 is 5.97 Å². The smallest absolute Gasteiger partial charge is 0.338 e. The standard InChI is InChI=1S/C31H24ClN3O6S/c1-4-41-30(38)24-25(16-8-6-5-7-9-16)34-31-35(26(24)17-10-13-21(39-2)22(14-17)40-3)29(37)27(42-31)23-19-15-18(32)11-12-20(19)33-28(23)36/h5-15,26H,4H2,1-3H3,(H,33,36)/b27-23-/t26-/m0/s1. The van der Waals surface area contributed by atoms with Crippen molar-refractivity contribution in [3.63, 3.8) is 0 Å². The number of anilines is 1. The van der Waals surface area contributed by atoms with Crippen molar-refractivity contribution < 1.29 is 23.8 Å². The number of rotatable bonds is 6. The molecule has 2 aliphatic rings. The fourth-order valence-electron chi connectivity index (χ4n) is 5.19. The van der Waals surface area contributed by atoms with Crippen LogP contribution in [-0.4, -0.2) is 37.3 Å². The first-order valence-electron chi connectivity index (χ1n) is 13.0. The Bertz CT molecular complexity index is 1980. The summed E-state index contributed by atoms with van der Waals surface area (Å²) >= 11 is 7.34. The van der Waals surface area contributed by atoms with E-state index in [1.54, 1.807) is 43.3 Å². The zero-order valence-electron chi connectivity index (χ0n) is 22.8. The molecule has 1 atom stereocenters. The number of aromatic nitrogens is 1. The van der Waals surface area contributed by atoms with E-state index in [0.717, 1.165) is 11.3 Å². The molecule has 4 aromatic rings. The molecule has 0 unspecified atom stereocenters. The summed E-state index contributed by atoms with van der Waals surface area (Å²) in [5.74, 6) is -0.140. The highest BCUT2D eigenvalue weighted by Crippen LogP contribution is 2.39. The Labute approximate surface area is 249 Å². The van der Waals surface area contributed by atoms with E-state index in [1.165, 1.54) is 18.8 Å². The second-order valence-electron chi connectivity index (χ2n) is 9.39. The summed E-state index contributed by atoms with van der Waals surface area (Å²) in [6.45, 7) is 1.83. The van der Waals surface area contributed by atoms with Crippen molar-refractivity contribution in [3.8, 4) is 11.5 Å². The molecule has 42 heavy (non-hydrogen) atoms. The van der Waals surface area contributed by atoms with Crippen molar-refractivity contribution in [3.05, 3.63) is 114 Å². The van der Waals surface area contributed by atoms with E-state index in [4.69, 9.17) is 30.8 Å². The molecule has 0 spiro atoms. The predicted molar refractivity (Wildman–Crippen MR) is 160 cm³/mol. The number of halogens is 1. The van der Waals surface area contributed by atoms with Crippen LogP contribution in [-0.2, 0) is 14.3 Å². The molecule has 3 heterocycles. The van der Waals surface area contributed by atoms with Crippen LogP contribution >= 0.6 is 22.9 Å². The lowest BCUT2D eigenvalue weighted by molar-refractivity contribution is -0.138. The first-order chi connectivity index (χ1) is 20.4. The monoisotopic (exact) mass is 601 g/mol. The summed E-state index contributed by atoms with van der Waals surface area (Å²) in [4.78, 5) is 46.3. The van der Waals surface area contributed by atoms with Gasteiger partial charge in [0.15, 0.2) is 16.3 Å². The SMILES string of the molecule is CCOC(=O)C1=C(c2ccccc2)N=c2s/c(=C3\C(=O)Nc4ccc(Cl)cc43)c(=O)n2[C@H]1c1ccc(OC)c(OC)c1. The maximum atomic E-state index is 14.3. The Morgan fingerprint density at radius 1 is 1.02 bits per heavy atom. The Balaban J connectivity index is 1.72. The lowest BCUT2D eigenvalue weighted by Gasteiger charge is -2.26. The Kier molecular flexibility index (Phi) is 7.17. The number of carbonyl (C=O) groups excluding carboxylic acids is 2. The molecule has 6 rings (SSSR count). The minimum atomic E-state index is -0.951. The number of thiazole rings is 1. The highest BCUT2D eigenvalue weighted by atomic mass is 35.5. The molecule has 11 heteroatoms. The fourth-order valence-corrected chi connectivity index (χ4v) is 6.46. The molecule has 9 nitrogen and oxygen atoms in total. The lowest BCUT2D eigenvalue weighted by atomic mass is 9.93. The number of esters is 1. The van der Waals surface area contributed by atoms with Crippen molar-refractivity contribution in [2.75, 3.05) is 26.1 Å². The molecule has 1 amide bonds. The molecule has 0 radical (unpaired) electrons. The van der Waals surface area contributed by atoms with Crippen LogP contribution in [0.1, 0.15) is 29.7 Å². The normalized spacial score (nSPS) is 16.8. The molecule has 0 bridgehead atoms. The average Bonchev–Trinajstić information content (AvgIpc) is 3.50. The van der Waals surface area contributed by atoms with Gasteiger partial charge in [-0.05, 0) is 42.8 Å². The fraction of sp³-hybridized carbons (Fsp3) is 0.161. The Morgan fingerprint density at radius 3 is 2.50 bits per heavy atom. The maximum absolute atomic E-state index is 14.3. The zero-order valence-corrected chi connectivity index (χ0v) is 24.3. The third-order valence-corrected chi connectivity index (χ3v) is 8.31. The van der Waals surface area contributed by atoms with Gasteiger partial charge in [-0.1, -0.05) is 59.3 Å². The van der Waals surface area contributed by atoms with Crippen LogP contribution < -0.4 is 29.7 Å². The van der Waals surface area contributed by atoms with Crippen molar-refractivity contribution in [2.45, 2.75) is 13.0 Å². The number of nitrogens with zero attached hydrogens (tertiary/aromatic N) is 2. The Hall–Kier alpha value is -4.67. The lowest BCUT2D eigenvalue weighted by Crippen LogP contribution is -2.40. The molecule has 2 aliphatic heterocycles. The van der Waals surface area contributed by atoms with E-state index >= 15 is 0 Å². The summed E-state index contributed by atoms with van der Waals surface area (Å²) in [7, 11) is 3.03.